The molecule has 25 heavy (non-hydrogen) atoms. The molecule has 2 rings (SSSR count). The van der Waals surface area contributed by atoms with Gasteiger partial charge in [0.1, 0.15) is 0 Å². The van der Waals surface area contributed by atoms with Crippen molar-refractivity contribution in [2.45, 2.75) is 13.5 Å². The van der Waals surface area contributed by atoms with Crippen LogP contribution in [-0.4, -0.2) is 17.5 Å². The Labute approximate surface area is 142 Å². The average molecular weight is 343 g/mol. The van der Waals surface area contributed by atoms with E-state index in [0.717, 1.165) is 17.7 Å². The Bertz CT molecular complexity index is 844. The number of anilines is 1. The fourth-order valence-corrected chi connectivity index (χ4v) is 2.13. The van der Waals surface area contributed by atoms with E-state index in [2.05, 4.69) is 5.32 Å². The normalized spacial score (nSPS) is 9.96. The lowest BCUT2D eigenvalue weighted by atomic mass is 10.1. The number of rotatable bonds is 6. The van der Waals surface area contributed by atoms with E-state index in [9.17, 15) is 19.3 Å². The van der Waals surface area contributed by atoms with Crippen LogP contribution in [0.2, 0.25) is 0 Å². The molecular weight excluding hydrogens is 329 g/mol. The minimum atomic E-state index is -0.925. The molecule has 0 fully saturated rings. The number of benzene rings is 2. The second-order valence-electron chi connectivity index (χ2n) is 4.99. The van der Waals surface area contributed by atoms with Crippen LogP contribution in [0.15, 0.2) is 36.4 Å². The van der Waals surface area contributed by atoms with E-state index < -0.39 is 22.4 Å². The Morgan fingerprint density at radius 3 is 2.60 bits per heavy atom. The van der Waals surface area contributed by atoms with Gasteiger partial charge in [0, 0.05) is 12.6 Å². The maximum Gasteiger partial charge on any atom is 0.340 e. The summed E-state index contributed by atoms with van der Waals surface area (Å²) in [5.74, 6) is -1.78. The molecule has 0 aliphatic heterocycles. The second kappa shape index (κ2) is 7.88. The van der Waals surface area contributed by atoms with Crippen LogP contribution in [0.25, 0.3) is 0 Å². The Morgan fingerprint density at radius 1 is 1.36 bits per heavy atom. The molecular formula is C17H14FN3O4. The van der Waals surface area contributed by atoms with E-state index in [0.29, 0.717) is 5.56 Å². The van der Waals surface area contributed by atoms with Crippen molar-refractivity contribution in [3.63, 3.8) is 0 Å². The average Bonchev–Trinajstić information content (AvgIpc) is 2.60. The number of nitriles is 1. The Balaban J connectivity index is 2.32. The van der Waals surface area contributed by atoms with Crippen LogP contribution >= 0.6 is 0 Å². The molecule has 0 atom stereocenters. The fourth-order valence-electron chi connectivity index (χ4n) is 2.13. The van der Waals surface area contributed by atoms with Gasteiger partial charge < -0.3 is 10.1 Å². The van der Waals surface area contributed by atoms with Gasteiger partial charge >= 0.3 is 5.97 Å². The van der Waals surface area contributed by atoms with Gasteiger partial charge in [0.05, 0.1) is 40.5 Å². The monoisotopic (exact) mass is 343 g/mol. The first-order valence-electron chi connectivity index (χ1n) is 7.34. The molecule has 0 saturated carbocycles. The van der Waals surface area contributed by atoms with Crippen molar-refractivity contribution < 1.29 is 18.8 Å². The lowest BCUT2D eigenvalue weighted by Crippen LogP contribution is -2.12. The number of nitrogens with zero attached hydrogens (tertiary/aromatic N) is 2. The van der Waals surface area contributed by atoms with Gasteiger partial charge in [0.25, 0.3) is 5.69 Å². The number of carbonyl (C=O) groups excluding carboxylic acids is 1. The number of nitro groups is 1. The molecule has 0 aromatic heterocycles. The summed E-state index contributed by atoms with van der Waals surface area (Å²) in [6.45, 7) is 1.79. The van der Waals surface area contributed by atoms with Gasteiger partial charge in [-0.05, 0) is 24.6 Å². The first kappa shape index (κ1) is 17.9. The second-order valence-corrected chi connectivity index (χ2v) is 4.99. The zero-order valence-corrected chi connectivity index (χ0v) is 13.3. The predicted molar refractivity (Wildman–Crippen MR) is 87.5 cm³/mol. The molecule has 2 aromatic rings. The van der Waals surface area contributed by atoms with Crippen LogP contribution in [0.3, 0.4) is 0 Å². The third-order valence-corrected chi connectivity index (χ3v) is 3.33. The maximum absolute atomic E-state index is 14.3. The van der Waals surface area contributed by atoms with Crippen LogP contribution in [0.4, 0.5) is 15.8 Å². The van der Waals surface area contributed by atoms with Crippen LogP contribution in [-0.2, 0) is 11.3 Å². The molecule has 0 bridgehead atoms. The van der Waals surface area contributed by atoms with Gasteiger partial charge in [-0.3, -0.25) is 10.1 Å². The number of ether oxygens (including phenoxy) is 1. The van der Waals surface area contributed by atoms with Crippen molar-refractivity contribution in [2.24, 2.45) is 0 Å². The topological polar surface area (TPSA) is 105 Å². The highest BCUT2D eigenvalue weighted by Crippen LogP contribution is 2.27. The summed E-state index contributed by atoms with van der Waals surface area (Å²) < 4.78 is 19.1. The summed E-state index contributed by atoms with van der Waals surface area (Å²) in [6.07, 6.45) is 0. The van der Waals surface area contributed by atoms with E-state index in [-0.39, 0.29) is 24.4 Å². The molecule has 7 nitrogen and oxygen atoms in total. The van der Waals surface area contributed by atoms with E-state index >= 15 is 0 Å². The molecule has 0 spiro atoms. The Morgan fingerprint density at radius 2 is 2.04 bits per heavy atom. The van der Waals surface area contributed by atoms with Crippen LogP contribution < -0.4 is 5.32 Å². The standard InChI is InChI=1S/C17H14FN3O4/c1-2-25-17(22)14-7-13(21(23)24)8-15(18)16(14)20-10-12-5-3-11(9-19)4-6-12/h3-8,20H,2,10H2,1H3. The van der Waals surface area contributed by atoms with Crippen LogP contribution in [0, 0.1) is 27.3 Å². The molecule has 0 saturated heterocycles. The number of nitro benzene ring substituents is 1. The molecule has 128 valence electrons. The third kappa shape index (κ3) is 4.29. The van der Waals surface area contributed by atoms with E-state index in [1.165, 1.54) is 0 Å². The highest BCUT2D eigenvalue weighted by atomic mass is 19.1. The molecule has 1 N–H and O–H groups in total. The summed E-state index contributed by atoms with van der Waals surface area (Å²) in [5, 5.41) is 22.4. The van der Waals surface area contributed by atoms with Gasteiger partial charge in [-0.2, -0.15) is 5.26 Å². The molecule has 0 aliphatic carbocycles. The number of esters is 1. The highest BCUT2D eigenvalue weighted by molar-refractivity contribution is 5.96. The maximum atomic E-state index is 14.3. The third-order valence-electron chi connectivity index (χ3n) is 3.33. The summed E-state index contributed by atoms with van der Waals surface area (Å²) in [5.41, 5.74) is 0.268. The molecule has 0 unspecified atom stereocenters. The van der Waals surface area contributed by atoms with E-state index in [1.54, 1.807) is 31.2 Å². The number of hydrogen-bond donors (Lipinski definition) is 1. The smallest absolute Gasteiger partial charge is 0.340 e. The Kier molecular flexibility index (Phi) is 5.63. The lowest BCUT2D eigenvalue weighted by molar-refractivity contribution is -0.385. The summed E-state index contributed by atoms with van der Waals surface area (Å²) in [4.78, 5) is 22.1. The number of halogens is 1. The number of nitrogens with one attached hydrogen (secondary N) is 1. The quantitative estimate of drug-likeness (QED) is 0.489. The van der Waals surface area contributed by atoms with Crippen molar-refractivity contribution in [3.05, 3.63) is 69.0 Å². The van der Waals surface area contributed by atoms with E-state index in [1.807, 2.05) is 6.07 Å². The number of non-ortho nitro benzene ring substituents is 1. The van der Waals surface area contributed by atoms with Gasteiger partial charge in [-0.15, -0.1) is 0 Å². The molecule has 2 aromatic carbocycles. The minimum absolute atomic E-state index is 0.0538. The number of carbonyl (C=O) groups is 1. The van der Waals surface area contributed by atoms with Crippen molar-refractivity contribution in [1.29, 1.82) is 5.26 Å². The largest absolute Gasteiger partial charge is 0.462 e. The van der Waals surface area contributed by atoms with Gasteiger partial charge in [0.15, 0.2) is 5.82 Å². The van der Waals surface area contributed by atoms with Crippen LogP contribution in [0.1, 0.15) is 28.4 Å². The summed E-state index contributed by atoms with van der Waals surface area (Å²) in [6, 6.07) is 10.3. The first-order valence-corrected chi connectivity index (χ1v) is 7.34. The number of hydrogen-bond acceptors (Lipinski definition) is 6. The SMILES string of the molecule is CCOC(=O)c1cc([N+](=O)[O-])cc(F)c1NCc1ccc(C#N)cc1. The molecule has 0 heterocycles. The summed E-state index contributed by atoms with van der Waals surface area (Å²) in [7, 11) is 0. The highest BCUT2D eigenvalue weighted by Gasteiger charge is 2.22. The zero-order valence-electron chi connectivity index (χ0n) is 13.3. The minimum Gasteiger partial charge on any atom is -0.462 e. The van der Waals surface area contributed by atoms with Crippen molar-refractivity contribution in [2.75, 3.05) is 11.9 Å². The summed E-state index contributed by atoms with van der Waals surface area (Å²) >= 11 is 0. The first-order chi connectivity index (χ1) is 12.0. The van der Waals surface area contributed by atoms with Crippen molar-refractivity contribution >= 4 is 17.3 Å². The lowest BCUT2D eigenvalue weighted by Gasteiger charge is -2.12. The van der Waals surface area contributed by atoms with Crippen molar-refractivity contribution in [3.8, 4) is 6.07 Å². The zero-order chi connectivity index (χ0) is 18.4. The molecule has 0 aliphatic rings. The van der Waals surface area contributed by atoms with Gasteiger partial charge in [-0.25, -0.2) is 9.18 Å². The van der Waals surface area contributed by atoms with E-state index in [4.69, 9.17) is 10.00 Å². The Hall–Kier alpha value is -3.47. The van der Waals surface area contributed by atoms with Gasteiger partial charge in [0.2, 0.25) is 0 Å². The van der Waals surface area contributed by atoms with Crippen molar-refractivity contribution in [1.82, 2.24) is 0 Å². The van der Waals surface area contributed by atoms with Gasteiger partial charge in [-0.1, -0.05) is 12.1 Å². The molecule has 0 radical (unpaired) electrons. The fraction of sp³-hybridized carbons (Fsp3) is 0.176. The molecule has 0 amide bonds. The van der Waals surface area contributed by atoms with Crippen LogP contribution in [0.5, 0.6) is 0 Å². The predicted octanol–water partition coefficient (Wildman–Crippen LogP) is 3.39. The molecule has 8 heteroatoms.